The Kier molecular flexibility index (Phi) is 3.54. The van der Waals surface area contributed by atoms with Gasteiger partial charge in [0.15, 0.2) is 0 Å². The van der Waals surface area contributed by atoms with Crippen molar-refractivity contribution in [3.63, 3.8) is 0 Å². The van der Waals surface area contributed by atoms with Crippen molar-refractivity contribution >= 4 is 11.8 Å². The van der Waals surface area contributed by atoms with Gasteiger partial charge in [-0.05, 0) is 39.8 Å². The second kappa shape index (κ2) is 5.20. The zero-order chi connectivity index (χ0) is 14.3. The van der Waals surface area contributed by atoms with Crippen molar-refractivity contribution < 1.29 is 0 Å². The molecule has 2 aliphatic heterocycles. The van der Waals surface area contributed by atoms with Crippen molar-refractivity contribution in [2.45, 2.75) is 38.3 Å². The molecule has 3 rings (SSSR count). The molecule has 2 saturated heterocycles. The maximum absolute atomic E-state index is 4.83. The monoisotopic (exact) mass is 275 g/mol. The zero-order valence-corrected chi connectivity index (χ0v) is 13.0. The summed E-state index contributed by atoms with van der Waals surface area (Å²) in [5, 5.41) is 0. The molecule has 0 spiro atoms. The minimum absolute atomic E-state index is 0.574. The number of rotatable bonds is 2. The molecule has 110 valence electrons. The van der Waals surface area contributed by atoms with Crippen LogP contribution < -0.4 is 9.80 Å². The molecular weight excluding hydrogens is 250 g/mol. The molecule has 5 heteroatoms. The number of hydrogen-bond acceptors (Lipinski definition) is 5. The van der Waals surface area contributed by atoms with Crippen LogP contribution in [0.25, 0.3) is 0 Å². The van der Waals surface area contributed by atoms with Crippen LogP contribution >= 0.6 is 0 Å². The Bertz CT molecular complexity index is 487. The van der Waals surface area contributed by atoms with Gasteiger partial charge in [-0.15, -0.1) is 0 Å². The van der Waals surface area contributed by atoms with Crippen molar-refractivity contribution in [1.82, 2.24) is 14.9 Å². The Hall–Kier alpha value is -1.36. The fourth-order valence-electron chi connectivity index (χ4n) is 3.57. The highest BCUT2D eigenvalue weighted by atomic mass is 15.4. The van der Waals surface area contributed by atoms with Crippen molar-refractivity contribution in [1.29, 1.82) is 0 Å². The van der Waals surface area contributed by atoms with Gasteiger partial charge in [0.1, 0.15) is 5.82 Å². The third kappa shape index (κ3) is 2.35. The van der Waals surface area contributed by atoms with Crippen LogP contribution in [0.3, 0.4) is 0 Å². The molecule has 0 amide bonds. The normalized spacial score (nSPS) is 26.7. The molecule has 0 aliphatic carbocycles. The molecule has 20 heavy (non-hydrogen) atoms. The molecular formula is C15H25N5. The molecule has 0 saturated carbocycles. The molecule has 0 N–H and O–H groups in total. The number of likely N-dealkylation sites (tertiary alicyclic amines) is 1. The Balaban J connectivity index is 1.94. The van der Waals surface area contributed by atoms with Gasteiger partial charge in [0, 0.05) is 44.5 Å². The molecule has 2 aliphatic rings. The number of aromatic nitrogens is 2. The van der Waals surface area contributed by atoms with Gasteiger partial charge in [0.05, 0.1) is 0 Å². The lowest BCUT2D eigenvalue weighted by Gasteiger charge is -2.29. The molecule has 2 bridgehead atoms. The van der Waals surface area contributed by atoms with E-state index >= 15 is 0 Å². The van der Waals surface area contributed by atoms with Crippen LogP contribution in [-0.4, -0.2) is 61.2 Å². The van der Waals surface area contributed by atoms with E-state index in [1.165, 1.54) is 25.8 Å². The fraction of sp³-hybridized carbons (Fsp3) is 0.733. The number of fused-ring (bicyclic) bond motifs is 2. The summed E-state index contributed by atoms with van der Waals surface area (Å²) in [4.78, 5) is 16.4. The average Bonchev–Trinajstić information content (AvgIpc) is 2.70. The van der Waals surface area contributed by atoms with Gasteiger partial charge in [-0.1, -0.05) is 0 Å². The molecule has 3 heterocycles. The van der Waals surface area contributed by atoms with Crippen molar-refractivity contribution in [2.75, 3.05) is 44.0 Å². The topological polar surface area (TPSA) is 35.5 Å². The number of hydrogen-bond donors (Lipinski definition) is 0. The number of aryl methyl sites for hydroxylation is 1. The van der Waals surface area contributed by atoms with Crippen LogP contribution in [0.5, 0.6) is 0 Å². The van der Waals surface area contributed by atoms with Gasteiger partial charge in [-0.25, -0.2) is 4.98 Å². The molecule has 2 atom stereocenters. The third-order valence-electron chi connectivity index (χ3n) is 4.57. The smallest absolute Gasteiger partial charge is 0.227 e. The average molecular weight is 275 g/mol. The highest BCUT2D eigenvalue weighted by Crippen LogP contribution is 2.33. The van der Waals surface area contributed by atoms with Crippen LogP contribution in [0.4, 0.5) is 11.8 Å². The quantitative estimate of drug-likeness (QED) is 0.818. The fourth-order valence-corrected chi connectivity index (χ4v) is 3.57. The van der Waals surface area contributed by atoms with E-state index in [-0.39, 0.29) is 0 Å². The van der Waals surface area contributed by atoms with Crippen molar-refractivity contribution in [3.8, 4) is 0 Å². The van der Waals surface area contributed by atoms with Gasteiger partial charge >= 0.3 is 0 Å². The van der Waals surface area contributed by atoms with Crippen LogP contribution in [0.2, 0.25) is 0 Å². The summed E-state index contributed by atoms with van der Waals surface area (Å²) in [5.74, 6) is 1.95. The molecule has 0 unspecified atom stereocenters. The third-order valence-corrected chi connectivity index (χ3v) is 4.57. The van der Waals surface area contributed by atoms with Crippen LogP contribution in [0.15, 0.2) is 6.20 Å². The molecule has 0 radical (unpaired) electrons. The lowest BCUT2D eigenvalue weighted by Crippen LogP contribution is -2.39. The molecule has 0 aromatic carbocycles. The highest BCUT2D eigenvalue weighted by Gasteiger charge is 2.38. The summed E-state index contributed by atoms with van der Waals surface area (Å²) < 4.78 is 0. The van der Waals surface area contributed by atoms with Crippen molar-refractivity contribution in [3.05, 3.63) is 11.8 Å². The summed E-state index contributed by atoms with van der Waals surface area (Å²) in [6, 6.07) is 1.19. The predicted molar refractivity (Wildman–Crippen MR) is 82.5 cm³/mol. The van der Waals surface area contributed by atoms with Gasteiger partial charge in [0.25, 0.3) is 0 Å². The van der Waals surface area contributed by atoms with Gasteiger partial charge in [-0.3, -0.25) is 0 Å². The summed E-state index contributed by atoms with van der Waals surface area (Å²) in [7, 11) is 6.31. The zero-order valence-electron chi connectivity index (χ0n) is 13.0. The summed E-state index contributed by atoms with van der Waals surface area (Å²) in [6.45, 7) is 4.39. The number of nitrogens with zero attached hydrogens (tertiary/aromatic N) is 5. The van der Waals surface area contributed by atoms with Crippen LogP contribution in [0.1, 0.15) is 24.8 Å². The van der Waals surface area contributed by atoms with E-state index in [9.17, 15) is 0 Å². The largest absolute Gasteiger partial charge is 0.362 e. The standard InChI is InChI=1S/C15H25N5/c1-11-9-16-15(17-14(11)18(2)3)20-12-5-6-13(20)10-19(4)8-7-12/h9,12-13H,5-8,10H2,1-4H3/t12-,13+/m1/s1. The van der Waals surface area contributed by atoms with Crippen LogP contribution in [-0.2, 0) is 0 Å². The lowest BCUT2D eigenvalue weighted by atomic mass is 10.1. The summed E-state index contributed by atoms with van der Waals surface area (Å²) in [5.41, 5.74) is 1.14. The van der Waals surface area contributed by atoms with E-state index in [1.54, 1.807) is 0 Å². The lowest BCUT2D eigenvalue weighted by molar-refractivity contribution is 0.315. The Morgan fingerprint density at radius 2 is 1.95 bits per heavy atom. The second-order valence-electron chi connectivity index (χ2n) is 6.41. The Labute approximate surface area is 121 Å². The minimum Gasteiger partial charge on any atom is -0.362 e. The SMILES string of the molecule is Cc1cnc(N2[C@@H]3CC[C@H]2CN(C)CC3)nc1N(C)C. The predicted octanol–water partition coefficient (Wildman–Crippen LogP) is 1.52. The first-order chi connectivity index (χ1) is 9.56. The van der Waals surface area contributed by atoms with E-state index < -0.39 is 0 Å². The van der Waals surface area contributed by atoms with Gasteiger partial charge in [-0.2, -0.15) is 4.98 Å². The summed E-state index contributed by atoms with van der Waals surface area (Å²) >= 11 is 0. The van der Waals surface area contributed by atoms with Crippen LogP contribution in [0, 0.1) is 6.92 Å². The van der Waals surface area contributed by atoms with E-state index in [2.05, 4.69) is 33.7 Å². The van der Waals surface area contributed by atoms with E-state index in [1.807, 2.05) is 20.3 Å². The minimum atomic E-state index is 0.574. The van der Waals surface area contributed by atoms with Gasteiger partial charge in [0.2, 0.25) is 5.95 Å². The molecule has 2 fully saturated rings. The number of anilines is 2. The maximum atomic E-state index is 4.83. The first-order valence-electron chi connectivity index (χ1n) is 7.54. The van der Waals surface area contributed by atoms with E-state index in [0.717, 1.165) is 23.9 Å². The molecule has 1 aromatic heterocycles. The molecule has 5 nitrogen and oxygen atoms in total. The first-order valence-corrected chi connectivity index (χ1v) is 7.54. The maximum Gasteiger partial charge on any atom is 0.227 e. The Morgan fingerprint density at radius 3 is 2.70 bits per heavy atom. The second-order valence-corrected chi connectivity index (χ2v) is 6.41. The van der Waals surface area contributed by atoms with Crippen molar-refractivity contribution in [2.24, 2.45) is 0 Å². The van der Waals surface area contributed by atoms with E-state index in [4.69, 9.17) is 4.98 Å². The van der Waals surface area contributed by atoms with Gasteiger partial charge < -0.3 is 14.7 Å². The highest BCUT2D eigenvalue weighted by molar-refractivity contribution is 5.50. The molecule has 1 aromatic rings. The van der Waals surface area contributed by atoms with E-state index in [0.29, 0.717) is 12.1 Å². The summed E-state index contributed by atoms with van der Waals surface area (Å²) in [6.07, 6.45) is 5.74. The number of likely N-dealkylation sites (N-methyl/N-ethyl adjacent to an activating group) is 1. The Morgan fingerprint density at radius 1 is 1.20 bits per heavy atom. The first kappa shape index (κ1) is 13.6.